The second kappa shape index (κ2) is 11.4. The Kier molecular flexibility index (Phi) is 8.34. The van der Waals surface area contributed by atoms with Gasteiger partial charge in [-0.25, -0.2) is 0 Å². The maximum Gasteiger partial charge on any atom is 0.266 e. The number of hydrogen-bond acceptors (Lipinski definition) is 3. The number of halogens is 4. The Hall–Kier alpha value is -2.57. The van der Waals surface area contributed by atoms with Crippen LogP contribution in [0.2, 0.25) is 10.0 Å². The summed E-state index contributed by atoms with van der Waals surface area (Å²) in [6, 6.07) is 24.6. The third-order valence-corrected chi connectivity index (χ3v) is 7.26. The van der Waals surface area contributed by atoms with Gasteiger partial charge in [0.25, 0.3) is 5.91 Å². The number of benzene rings is 4. The number of fused-ring (bicyclic) bond motifs is 1. The number of carbonyl (C=O) groups excluding carboxylic acids is 1. The lowest BCUT2D eigenvalue weighted by Crippen LogP contribution is -2.13. The first-order valence-electron chi connectivity index (χ1n) is 10.3. The minimum Gasteiger partial charge on any atom is -0.487 e. The molecule has 0 heterocycles. The van der Waals surface area contributed by atoms with Crippen molar-refractivity contribution in [1.29, 1.82) is 5.26 Å². The van der Waals surface area contributed by atoms with Gasteiger partial charge in [0.15, 0.2) is 0 Å². The number of nitrogens with one attached hydrogen (secondary N) is 1. The van der Waals surface area contributed by atoms with Gasteiger partial charge in [-0.05, 0) is 96.8 Å². The summed E-state index contributed by atoms with van der Waals surface area (Å²) >= 11 is 17.7. The highest BCUT2D eigenvalue weighted by Gasteiger charge is 2.14. The van der Waals surface area contributed by atoms with Gasteiger partial charge < -0.3 is 10.1 Å². The van der Waals surface area contributed by atoms with Gasteiger partial charge in [-0.15, -0.1) is 0 Å². The summed E-state index contributed by atoms with van der Waals surface area (Å²) in [6.07, 6.45) is 1.52. The summed E-state index contributed by atoms with van der Waals surface area (Å²) in [5.74, 6) is 0.141. The van der Waals surface area contributed by atoms with Crippen molar-refractivity contribution in [2.75, 3.05) is 5.32 Å². The van der Waals surface area contributed by atoms with Gasteiger partial charge in [-0.2, -0.15) is 5.26 Å². The molecule has 35 heavy (non-hydrogen) atoms. The van der Waals surface area contributed by atoms with Gasteiger partial charge in [0.1, 0.15) is 24.0 Å². The minimum absolute atomic E-state index is 0.0526. The molecule has 0 spiro atoms. The molecule has 0 fully saturated rings. The first kappa shape index (κ1) is 25.5. The van der Waals surface area contributed by atoms with E-state index in [-0.39, 0.29) is 5.57 Å². The SMILES string of the molecule is N#C/C(=C\c1cc(Br)c(OCc2cccc3ccccc23)c(I)c1)C(=O)Nc1ccc(Cl)c(Cl)c1. The molecule has 1 N–H and O–H groups in total. The van der Waals surface area contributed by atoms with Crippen molar-refractivity contribution in [3.05, 3.63) is 108 Å². The predicted octanol–water partition coefficient (Wildman–Crippen LogP) is 8.64. The van der Waals surface area contributed by atoms with Gasteiger partial charge >= 0.3 is 0 Å². The van der Waals surface area contributed by atoms with E-state index >= 15 is 0 Å². The van der Waals surface area contributed by atoms with Crippen molar-refractivity contribution in [3.63, 3.8) is 0 Å². The lowest BCUT2D eigenvalue weighted by atomic mass is 10.1. The Morgan fingerprint density at radius 3 is 2.57 bits per heavy atom. The van der Waals surface area contributed by atoms with Crippen LogP contribution in [0, 0.1) is 14.9 Å². The fourth-order valence-corrected chi connectivity index (χ4v) is 5.52. The highest BCUT2D eigenvalue weighted by Crippen LogP contribution is 2.34. The van der Waals surface area contributed by atoms with E-state index in [0.717, 1.165) is 24.4 Å². The van der Waals surface area contributed by atoms with Crippen molar-refractivity contribution in [2.45, 2.75) is 6.61 Å². The Bertz CT molecular complexity index is 1490. The average molecular weight is 678 g/mol. The summed E-state index contributed by atoms with van der Waals surface area (Å²) in [4.78, 5) is 12.6. The molecule has 0 aromatic heterocycles. The van der Waals surface area contributed by atoms with E-state index in [2.05, 4.69) is 62.0 Å². The monoisotopic (exact) mass is 676 g/mol. The lowest BCUT2D eigenvalue weighted by Gasteiger charge is -2.13. The first-order chi connectivity index (χ1) is 16.9. The molecule has 4 aromatic rings. The zero-order valence-electron chi connectivity index (χ0n) is 18.0. The number of rotatable bonds is 6. The van der Waals surface area contributed by atoms with E-state index in [0.29, 0.717) is 33.7 Å². The van der Waals surface area contributed by atoms with Crippen LogP contribution < -0.4 is 10.1 Å². The number of amides is 1. The number of anilines is 1. The topological polar surface area (TPSA) is 62.1 Å². The molecule has 0 aliphatic carbocycles. The van der Waals surface area contributed by atoms with Crippen LogP contribution in [0.4, 0.5) is 5.69 Å². The normalized spacial score (nSPS) is 11.2. The van der Waals surface area contributed by atoms with Gasteiger partial charge in [-0.1, -0.05) is 65.7 Å². The third-order valence-electron chi connectivity index (χ3n) is 5.13. The van der Waals surface area contributed by atoms with Crippen LogP contribution in [0.1, 0.15) is 11.1 Å². The summed E-state index contributed by atoms with van der Waals surface area (Å²) in [6.45, 7) is 0.403. The largest absolute Gasteiger partial charge is 0.487 e. The smallest absolute Gasteiger partial charge is 0.266 e. The van der Waals surface area contributed by atoms with E-state index < -0.39 is 5.91 Å². The average Bonchev–Trinajstić information content (AvgIpc) is 2.84. The van der Waals surface area contributed by atoms with Gasteiger partial charge in [0.05, 0.1) is 18.1 Å². The highest BCUT2D eigenvalue weighted by molar-refractivity contribution is 14.1. The molecule has 0 aliphatic heterocycles. The quantitative estimate of drug-likeness (QED) is 0.126. The fourth-order valence-electron chi connectivity index (χ4n) is 3.46. The molecule has 0 saturated carbocycles. The van der Waals surface area contributed by atoms with Crippen LogP contribution in [0.25, 0.3) is 16.8 Å². The minimum atomic E-state index is -0.548. The standard InChI is InChI=1S/C27H16BrCl2IN2O2/c28-22-11-16(10-19(14-32)27(34)33-20-8-9-23(29)24(30)13-20)12-25(31)26(22)35-15-18-6-3-5-17-4-1-2-7-21(17)18/h1-13H,15H2,(H,33,34)/b19-10+. The first-order valence-corrected chi connectivity index (χ1v) is 12.9. The molecule has 174 valence electrons. The van der Waals surface area contributed by atoms with Crippen molar-refractivity contribution < 1.29 is 9.53 Å². The molecule has 0 unspecified atom stereocenters. The van der Waals surface area contributed by atoms with Crippen LogP contribution in [0.3, 0.4) is 0 Å². The summed E-state index contributed by atoms with van der Waals surface area (Å²) in [5, 5.41) is 15.2. The number of nitriles is 1. The maximum absolute atomic E-state index is 12.6. The van der Waals surface area contributed by atoms with E-state index in [1.54, 1.807) is 12.1 Å². The van der Waals surface area contributed by atoms with Gasteiger partial charge in [0.2, 0.25) is 0 Å². The van der Waals surface area contributed by atoms with Crippen LogP contribution in [0.5, 0.6) is 5.75 Å². The molecular formula is C27H16BrCl2IN2O2. The van der Waals surface area contributed by atoms with Crippen molar-refractivity contribution in [3.8, 4) is 11.8 Å². The number of ether oxygens (including phenoxy) is 1. The predicted molar refractivity (Wildman–Crippen MR) is 154 cm³/mol. The lowest BCUT2D eigenvalue weighted by molar-refractivity contribution is -0.112. The second-order valence-electron chi connectivity index (χ2n) is 7.49. The fraction of sp³-hybridized carbons (Fsp3) is 0.0370. The molecule has 4 rings (SSSR count). The van der Waals surface area contributed by atoms with E-state index in [1.165, 1.54) is 12.1 Å². The Labute approximate surface area is 234 Å². The molecule has 0 bridgehead atoms. The number of hydrogen-bond donors (Lipinski definition) is 1. The molecule has 1 amide bonds. The Morgan fingerprint density at radius 1 is 1.06 bits per heavy atom. The summed E-state index contributed by atoms with van der Waals surface area (Å²) in [5.41, 5.74) is 2.15. The van der Waals surface area contributed by atoms with Crippen LogP contribution >= 0.6 is 61.7 Å². The Balaban J connectivity index is 1.53. The van der Waals surface area contributed by atoms with Crippen molar-refractivity contribution >= 4 is 90.2 Å². The summed E-state index contributed by atoms with van der Waals surface area (Å²) in [7, 11) is 0. The van der Waals surface area contributed by atoms with Gasteiger partial charge in [-0.3, -0.25) is 4.79 Å². The molecule has 0 saturated heterocycles. The molecular weight excluding hydrogens is 662 g/mol. The maximum atomic E-state index is 12.6. The van der Waals surface area contributed by atoms with Crippen LogP contribution in [-0.2, 0) is 11.4 Å². The number of nitrogens with zero attached hydrogens (tertiary/aromatic N) is 1. The molecule has 0 aliphatic rings. The van der Waals surface area contributed by atoms with Crippen molar-refractivity contribution in [2.24, 2.45) is 0 Å². The molecule has 0 atom stereocenters. The zero-order valence-corrected chi connectivity index (χ0v) is 23.2. The molecule has 4 aromatic carbocycles. The Morgan fingerprint density at radius 2 is 1.83 bits per heavy atom. The molecule has 0 radical (unpaired) electrons. The van der Waals surface area contributed by atoms with Gasteiger partial charge in [0, 0.05) is 5.69 Å². The van der Waals surface area contributed by atoms with Crippen LogP contribution in [0.15, 0.2) is 82.8 Å². The van der Waals surface area contributed by atoms with Crippen molar-refractivity contribution in [1.82, 2.24) is 0 Å². The van der Waals surface area contributed by atoms with E-state index in [9.17, 15) is 10.1 Å². The summed E-state index contributed by atoms with van der Waals surface area (Å²) < 4.78 is 7.71. The van der Waals surface area contributed by atoms with E-state index in [1.807, 2.05) is 42.5 Å². The zero-order chi connectivity index (χ0) is 24.9. The van der Waals surface area contributed by atoms with E-state index in [4.69, 9.17) is 27.9 Å². The highest BCUT2D eigenvalue weighted by atomic mass is 127. The second-order valence-corrected chi connectivity index (χ2v) is 10.3. The third kappa shape index (κ3) is 6.17. The molecule has 4 nitrogen and oxygen atoms in total. The number of carbonyl (C=O) groups is 1. The molecule has 8 heteroatoms. The van der Waals surface area contributed by atoms with Crippen LogP contribution in [-0.4, -0.2) is 5.91 Å².